The van der Waals surface area contributed by atoms with Crippen LogP contribution in [0, 0.1) is 11.8 Å². The summed E-state index contributed by atoms with van der Waals surface area (Å²) in [4.78, 5) is 18.5. The highest BCUT2D eigenvalue weighted by molar-refractivity contribution is 5.75. The molecule has 3 atom stereocenters. The molecule has 4 rings (SSSR count). The average Bonchev–Trinajstić information content (AvgIpc) is 3.30. The molecule has 1 aromatic carbocycles. The van der Waals surface area contributed by atoms with E-state index in [-0.39, 0.29) is 12.5 Å². The van der Waals surface area contributed by atoms with Crippen molar-refractivity contribution in [3.8, 4) is 5.75 Å². The second-order valence-corrected chi connectivity index (χ2v) is 7.25. The van der Waals surface area contributed by atoms with Crippen LogP contribution in [0.2, 0.25) is 0 Å². The molecule has 0 bridgehead atoms. The van der Waals surface area contributed by atoms with Gasteiger partial charge in [-0.2, -0.15) is 8.78 Å². The molecule has 1 N–H and O–H groups in total. The number of benzene rings is 1. The highest BCUT2D eigenvalue weighted by Gasteiger charge is 2.48. The van der Waals surface area contributed by atoms with E-state index in [0.29, 0.717) is 29.3 Å². The Balaban J connectivity index is 1.42. The first-order valence-corrected chi connectivity index (χ1v) is 9.06. The number of halogens is 2. The van der Waals surface area contributed by atoms with E-state index in [0.717, 1.165) is 12.3 Å². The van der Waals surface area contributed by atoms with Crippen LogP contribution in [0.25, 0.3) is 11.0 Å². The molecule has 0 spiro atoms. The summed E-state index contributed by atoms with van der Waals surface area (Å²) in [5, 5.41) is 0. The summed E-state index contributed by atoms with van der Waals surface area (Å²) < 4.78 is 39.9. The third kappa shape index (κ3) is 3.32. The van der Waals surface area contributed by atoms with Crippen molar-refractivity contribution in [1.29, 1.82) is 0 Å². The number of hydrogen-bond acceptors (Lipinski definition) is 4. The van der Waals surface area contributed by atoms with E-state index >= 15 is 0 Å². The maximum absolute atomic E-state index is 14.5. The topological polar surface area (TPSA) is 64.2 Å². The third-order valence-corrected chi connectivity index (χ3v) is 5.49. The summed E-state index contributed by atoms with van der Waals surface area (Å²) in [5.41, 5.74) is -0.925. The lowest BCUT2D eigenvalue weighted by Crippen LogP contribution is -2.27. The van der Waals surface area contributed by atoms with Crippen molar-refractivity contribution in [3.63, 3.8) is 0 Å². The predicted molar refractivity (Wildman–Crippen MR) is 92.6 cm³/mol. The van der Waals surface area contributed by atoms with Crippen LogP contribution >= 0.6 is 0 Å². The van der Waals surface area contributed by atoms with Crippen molar-refractivity contribution in [2.75, 3.05) is 13.7 Å². The third-order valence-electron chi connectivity index (χ3n) is 5.49. The van der Waals surface area contributed by atoms with E-state index in [1.54, 1.807) is 18.2 Å². The van der Waals surface area contributed by atoms with E-state index < -0.39 is 23.6 Å². The van der Waals surface area contributed by atoms with Gasteiger partial charge in [-0.05, 0) is 49.7 Å². The number of H-pyrrole nitrogens is 1. The van der Waals surface area contributed by atoms with Gasteiger partial charge in [-0.3, -0.25) is 4.79 Å². The standard InChI is InChI=1S/C19H22F2N2O3/c1-25-12-4-5-14-15(10-12)23-18(24)17(22-14)19(20,21)7-2-8-26-16-6-3-11-9-13(11)16/h4-5,10-11,13,16H,2-3,6-9H2,1H3,(H,23,24). The molecule has 2 aliphatic rings. The number of ether oxygens (including phenoxy) is 2. The Hall–Kier alpha value is -2.02. The van der Waals surface area contributed by atoms with Crippen molar-refractivity contribution in [1.82, 2.24) is 9.97 Å². The zero-order chi connectivity index (χ0) is 18.3. The number of methoxy groups -OCH3 is 1. The summed E-state index contributed by atoms with van der Waals surface area (Å²) in [6, 6.07) is 4.74. The Kier molecular flexibility index (Phi) is 4.42. The SMILES string of the molecule is COc1ccc2nc(C(F)(F)CCCOC3CCC4CC43)c(=O)[nH]c2c1. The number of nitrogens with zero attached hydrogens (tertiary/aromatic N) is 1. The van der Waals surface area contributed by atoms with Crippen molar-refractivity contribution in [2.24, 2.45) is 11.8 Å². The molecule has 1 heterocycles. The van der Waals surface area contributed by atoms with Gasteiger partial charge >= 0.3 is 0 Å². The lowest BCUT2D eigenvalue weighted by Gasteiger charge is -2.17. The molecule has 1 aromatic heterocycles. The van der Waals surface area contributed by atoms with Gasteiger partial charge in [-0.15, -0.1) is 0 Å². The fourth-order valence-corrected chi connectivity index (χ4v) is 3.95. The van der Waals surface area contributed by atoms with Crippen LogP contribution in [0.1, 0.15) is 37.8 Å². The number of aromatic nitrogens is 2. The second kappa shape index (κ2) is 6.61. The molecular formula is C19H22F2N2O3. The number of rotatable bonds is 7. The van der Waals surface area contributed by atoms with E-state index in [2.05, 4.69) is 9.97 Å². The van der Waals surface area contributed by atoms with E-state index in [4.69, 9.17) is 9.47 Å². The number of fused-ring (bicyclic) bond motifs is 2. The molecule has 0 saturated heterocycles. The molecule has 3 unspecified atom stereocenters. The van der Waals surface area contributed by atoms with Crippen LogP contribution in [-0.4, -0.2) is 29.8 Å². The van der Waals surface area contributed by atoms with Gasteiger partial charge in [0.2, 0.25) is 0 Å². The fraction of sp³-hybridized carbons (Fsp3) is 0.579. The molecule has 0 radical (unpaired) electrons. The molecule has 0 aliphatic heterocycles. The molecule has 2 fully saturated rings. The monoisotopic (exact) mass is 364 g/mol. The molecular weight excluding hydrogens is 342 g/mol. The van der Waals surface area contributed by atoms with Crippen LogP contribution in [0.15, 0.2) is 23.0 Å². The highest BCUT2D eigenvalue weighted by Crippen LogP contribution is 2.53. The highest BCUT2D eigenvalue weighted by atomic mass is 19.3. The minimum absolute atomic E-state index is 0.197. The zero-order valence-corrected chi connectivity index (χ0v) is 14.6. The number of alkyl halides is 2. The van der Waals surface area contributed by atoms with E-state index in [1.807, 2.05) is 0 Å². The van der Waals surface area contributed by atoms with Gasteiger partial charge < -0.3 is 14.5 Å². The molecule has 0 amide bonds. The maximum Gasteiger partial charge on any atom is 0.295 e. The number of nitrogens with one attached hydrogen (secondary N) is 1. The lowest BCUT2D eigenvalue weighted by atomic mass is 10.1. The Bertz CT molecular complexity index is 867. The van der Waals surface area contributed by atoms with Crippen molar-refractivity contribution >= 4 is 11.0 Å². The number of hydrogen-bond donors (Lipinski definition) is 1. The van der Waals surface area contributed by atoms with Crippen molar-refractivity contribution in [3.05, 3.63) is 34.2 Å². The average molecular weight is 364 g/mol. The largest absolute Gasteiger partial charge is 0.497 e. The van der Waals surface area contributed by atoms with Crippen LogP contribution in [0.5, 0.6) is 5.75 Å². The summed E-state index contributed by atoms with van der Waals surface area (Å²) in [5.74, 6) is -1.31. The van der Waals surface area contributed by atoms with E-state index in [9.17, 15) is 13.6 Å². The quantitative estimate of drug-likeness (QED) is 0.762. The van der Waals surface area contributed by atoms with Gasteiger partial charge in [-0.25, -0.2) is 4.98 Å². The molecule has 2 aromatic rings. The minimum atomic E-state index is -3.29. The Labute approximate surface area is 149 Å². The van der Waals surface area contributed by atoms with Gasteiger partial charge in [0.25, 0.3) is 11.5 Å². The Morgan fingerprint density at radius 2 is 2.19 bits per heavy atom. The molecule has 7 heteroatoms. The summed E-state index contributed by atoms with van der Waals surface area (Å²) >= 11 is 0. The molecule has 2 aliphatic carbocycles. The first kappa shape index (κ1) is 17.4. The molecule has 5 nitrogen and oxygen atoms in total. The smallest absolute Gasteiger partial charge is 0.295 e. The summed E-state index contributed by atoms with van der Waals surface area (Å²) in [6.07, 6.45) is 3.45. The van der Waals surface area contributed by atoms with Gasteiger partial charge in [-0.1, -0.05) is 0 Å². The summed E-state index contributed by atoms with van der Waals surface area (Å²) in [6.45, 7) is 0.298. The molecule has 26 heavy (non-hydrogen) atoms. The Morgan fingerprint density at radius 3 is 2.88 bits per heavy atom. The first-order valence-electron chi connectivity index (χ1n) is 9.06. The minimum Gasteiger partial charge on any atom is -0.497 e. The van der Waals surface area contributed by atoms with Gasteiger partial charge in [0.1, 0.15) is 5.75 Å². The van der Waals surface area contributed by atoms with Gasteiger partial charge in [0.15, 0.2) is 5.69 Å². The van der Waals surface area contributed by atoms with Gasteiger partial charge in [0, 0.05) is 19.1 Å². The van der Waals surface area contributed by atoms with Crippen molar-refractivity contribution < 1.29 is 18.3 Å². The van der Waals surface area contributed by atoms with Gasteiger partial charge in [0.05, 0.1) is 24.2 Å². The van der Waals surface area contributed by atoms with Crippen LogP contribution in [-0.2, 0) is 10.7 Å². The van der Waals surface area contributed by atoms with Crippen molar-refractivity contribution in [2.45, 2.75) is 44.1 Å². The van der Waals surface area contributed by atoms with Crippen LogP contribution in [0.4, 0.5) is 8.78 Å². The maximum atomic E-state index is 14.5. The fourth-order valence-electron chi connectivity index (χ4n) is 3.95. The molecule has 2 saturated carbocycles. The van der Waals surface area contributed by atoms with Crippen LogP contribution < -0.4 is 10.3 Å². The first-order chi connectivity index (χ1) is 12.5. The Morgan fingerprint density at radius 1 is 1.35 bits per heavy atom. The second-order valence-electron chi connectivity index (χ2n) is 7.25. The molecule has 140 valence electrons. The normalized spacial score (nSPS) is 24.7. The predicted octanol–water partition coefficient (Wildman–Crippen LogP) is 3.62. The number of aromatic amines is 1. The zero-order valence-electron chi connectivity index (χ0n) is 14.6. The summed E-state index contributed by atoms with van der Waals surface area (Å²) in [7, 11) is 1.49. The van der Waals surface area contributed by atoms with E-state index in [1.165, 1.54) is 20.0 Å². The van der Waals surface area contributed by atoms with Crippen LogP contribution in [0.3, 0.4) is 0 Å². The lowest BCUT2D eigenvalue weighted by molar-refractivity contribution is -0.0344.